The fraction of sp³-hybridized carbons (Fsp3) is 0.350. The van der Waals surface area contributed by atoms with Gasteiger partial charge in [0.05, 0.1) is 21.3 Å². The van der Waals surface area contributed by atoms with Gasteiger partial charge in [0.25, 0.3) is 0 Å². The molecular formula is C20H24O4. The normalized spacial score (nSPS) is 10.6. The minimum atomic E-state index is 0.0515. The Balaban J connectivity index is 2.37. The zero-order chi connectivity index (χ0) is 17.7. The lowest BCUT2D eigenvalue weighted by atomic mass is 9.98. The van der Waals surface area contributed by atoms with Crippen LogP contribution >= 0.6 is 0 Å². The number of rotatable bonds is 7. The Hall–Kier alpha value is -2.49. The number of hydrogen-bond donors (Lipinski definition) is 0. The van der Waals surface area contributed by atoms with Gasteiger partial charge in [-0.2, -0.15) is 0 Å². The molecule has 0 bridgehead atoms. The number of ketones is 1. The summed E-state index contributed by atoms with van der Waals surface area (Å²) in [5, 5.41) is 0. The van der Waals surface area contributed by atoms with E-state index in [4.69, 9.17) is 14.2 Å². The number of carbonyl (C=O) groups is 1. The van der Waals surface area contributed by atoms with Gasteiger partial charge in [0.1, 0.15) is 5.78 Å². The molecule has 0 unspecified atom stereocenters. The van der Waals surface area contributed by atoms with Crippen molar-refractivity contribution in [3.8, 4) is 28.4 Å². The monoisotopic (exact) mass is 328 g/mol. The Bertz CT molecular complexity index is 702. The fourth-order valence-electron chi connectivity index (χ4n) is 2.54. The van der Waals surface area contributed by atoms with E-state index in [1.165, 1.54) is 0 Å². The maximum atomic E-state index is 11.9. The van der Waals surface area contributed by atoms with Crippen LogP contribution in [0.3, 0.4) is 0 Å². The zero-order valence-corrected chi connectivity index (χ0v) is 14.9. The largest absolute Gasteiger partial charge is 0.493 e. The molecule has 2 aromatic carbocycles. The Labute approximate surface area is 143 Å². The Morgan fingerprint density at radius 2 is 1.50 bits per heavy atom. The second-order valence-corrected chi connectivity index (χ2v) is 5.88. The Kier molecular flexibility index (Phi) is 5.85. The summed E-state index contributed by atoms with van der Waals surface area (Å²) < 4.78 is 16.3. The van der Waals surface area contributed by atoms with E-state index in [0.29, 0.717) is 23.7 Å². The zero-order valence-electron chi connectivity index (χ0n) is 14.9. The first-order valence-corrected chi connectivity index (χ1v) is 7.92. The van der Waals surface area contributed by atoms with E-state index in [-0.39, 0.29) is 11.7 Å². The molecule has 0 radical (unpaired) electrons. The van der Waals surface area contributed by atoms with Gasteiger partial charge in [-0.05, 0) is 23.3 Å². The molecule has 0 heterocycles. The van der Waals surface area contributed by atoms with Crippen LogP contribution in [0.5, 0.6) is 17.2 Å². The first-order chi connectivity index (χ1) is 11.5. The minimum Gasteiger partial charge on any atom is -0.493 e. The SMILES string of the molecule is COc1ccc(-c2ccc(CC(=O)C(C)C)cc2)c(OC)c1OC. The van der Waals surface area contributed by atoms with Crippen LogP contribution in [0.4, 0.5) is 0 Å². The van der Waals surface area contributed by atoms with E-state index in [1.807, 2.05) is 50.2 Å². The maximum Gasteiger partial charge on any atom is 0.203 e. The fourth-order valence-corrected chi connectivity index (χ4v) is 2.54. The van der Waals surface area contributed by atoms with Gasteiger partial charge < -0.3 is 14.2 Å². The van der Waals surface area contributed by atoms with Gasteiger partial charge in [-0.25, -0.2) is 0 Å². The minimum absolute atomic E-state index is 0.0515. The molecular weight excluding hydrogens is 304 g/mol. The van der Waals surface area contributed by atoms with Crippen molar-refractivity contribution in [2.75, 3.05) is 21.3 Å². The third-order valence-corrected chi connectivity index (χ3v) is 3.99. The van der Waals surface area contributed by atoms with E-state index in [9.17, 15) is 4.79 Å². The first kappa shape index (κ1) is 17.9. The van der Waals surface area contributed by atoms with Gasteiger partial charge in [0, 0.05) is 17.9 Å². The predicted molar refractivity (Wildman–Crippen MR) is 95.1 cm³/mol. The van der Waals surface area contributed by atoms with Crippen molar-refractivity contribution in [3.63, 3.8) is 0 Å². The number of hydrogen-bond acceptors (Lipinski definition) is 4. The summed E-state index contributed by atoms with van der Waals surface area (Å²) in [6, 6.07) is 11.7. The molecule has 4 nitrogen and oxygen atoms in total. The van der Waals surface area contributed by atoms with E-state index in [1.54, 1.807) is 21.3 Å². The molecule has 0 aliphatic carbocycles. The molecule has 0 spiro atoms. The number of carbonyl (C=O) groups excluding carboxylic acids is 1. The van der Waals surface area contributed by atoms with Gasteiger partial charge >= 0.3 is 0 Å². The number of benzene rings is 2. The molecule has 2 rings (SSSR count). The second kappa shape index (κ2) is 7.86. The molecule has 0 aromatic heterocycles. The summed E-state index contributed by atoms with van der Waals surface area (Å²) in [4.78, 5) is 11.9. The standard InChI is InChI=1S/C20H24O4/c1-13(2)17(21)12-14-6-8-15(9-7-14)16-10-11-18(22-3)20(24-5)19(16)23-4/h6-11,13H,12H2,1-5H3. The van der Waals surface area contributed by atoms with E-state index < -0.39 is 0 Å². The molecule has 0 N–H and O–H groups in total. The Morgan fingerprint density at radius 1 is 0.875 bits per heavy atom. The van der Waals surface area contributed by atoms with Crippen molar-refractivity contribution in [2.24, 2.45) is 5.92 Å². The molecule has 0 amide bonds. The third kappa shape index (κ3) is 3.70. The number of Topliss-reactive ketones (excluding diaryl/α,β-unsaturated/α-hetero) is 1. The molecule has 0 saturated carbocycles. The van der Waals surface area contributed by atoms with Gasteiger partial charge in [0.2, 0.25) is 5.75 Å². The predicted octanol–water partition coefficient (Wildman–Crippen LogP) is 4.15. The summed E-state index contributed by atoms with van der Waals surface area (Å²) in [6.45, 7) is 3.84. The average molecular weight is 328 g/mol. The van der Waals surface area contributed by atoms with Gasteiger partial charge in [-0.1, -0.05) is 38.1 Å². The van der Waals surface area contributed by atoms with Crippen LogP contribution < -0.4 is 14.2 Å². The molecule has 4 heteroatoms. The van der Waals surface area contributed by atoms with E-state index in [2.05, 4.69) is 0 Å². The maximum absolute atomic E-state index is 11.9. The molecule has 2 aromatic rings. The number of ether oxygens (including phenoxy) is 3. The molecule has 0 fully saturated rings. The van der Waals surface area contributed by atoms with Crippen LogP contribution in [0.2, 0.25) is 0 Å². The van der Waals surface area contributed by atoms with Gasteiger partial charge in [-0.3, -0.25) is 4.79 Å². The van der Waals surface area contributed by atoms with Gasteiger partial charge in [0.15, 0.2) is 11.5 Å². The van der Waals surface area contributed by atoms with Crippen LogP contribution in [-0.4, -0.2) is 27.1 Å². The molecule has 24 heavy (non-hydrogen) atoms. The van der Waals surface area contributed by atoms with Gasteiger partial charge in [-0.15, -0.1) is 0 Å². The Morgan fingerprint density at radius 3 is 2.00 bits per heavy atom. The molecule has 0 aliphatic heterocycles. The summed E-state index contributed by atoms with van der Waals surface area (Å²) in [6.07, 6.45) is 0.459. The third-order valence-electron chi connectivity index (χ3n) is 3.99. The first-order valence-electron chi connectivity index (χ1n) is 7.92. The highest BCUT2D eigenvalue weighted by Gasteiger charge is 2.17. The molecule has 0 saturated heterocycles. The lowest BCUT2D eigenvalue weighted by Gasteiger charge is -2.16. The molecule has 0 atom stereocenters. The van der Waals surface area contributed by atoms with Crippen molar-refractivity contribution in [1.29, 1.82) is 0 Å². The van der Waals surface area contributed by atoms with Crippen molar-refractivity contribution in [1.82, 2.24) is 0 Å². The lowest BCUT2D eigenvalue weighted by molar-refractivity contribution is -0.121. The van der Waals surface area contributed by atoms with Crippen LogP contribution in [0.15, 0.2) is 36.4 Å². The van der Waals surface area contributed by atoms with Crippen molar-refractivity contribution in [3.05, 3.63) is 42.0 Å². The van der Waals surface area contributed by atoms with Crippen LogP contribution in [0.25, 0.3) is 11.1 Å². The highest BCUT2D eigenvalue weighted by atomic mass is 16.5. The summed E-state index contributed by atoms with van der Waals surface area (Å²) in [5.74, 6) is 2.11. The van der Waals surface area contributed by atoms with Crippen molar-refractivity contribution in [2.45, 2.75) is 20.3 Å². The summed E-state index contributed by atoms with van der Waals surface area (Å²) in [7, 11) is 4.79. The topological polar surface area (TPSA) is 44.8 Å². The summed E-state index contributed by atoms with van der Waals surface area (Å²) in [5.41, 5.74) is 2.92. The quantitative estimate of drug-likeness (QED) is 0.766. The van der Waals surface area contributed by atoms with E-state index in [0.717, 1.165) is 16.7 Å². The highest BCUT2D eigenvalue weighted by molar-refractivity contribution is 5.83. The van der Waals surface area contributed by atoms with Crippen molar-refractivity contribution >= 4 is 5.78 Å². The highest BCUT2D eigenvalue weighted by Crippen LogP contribution is 2.44. The lowest BCUT2D eigenvalue weighted by Crippen LogP contribution is -2.09. The smallest absolute Gasteiger partial charge is 0.203 e. The second-order valence-electron chi connectivity index (χ2n) is 5.88. The molecule has 0 aliphatic rings. The van der Waals surface area contributed by atoms with Crippen molar-refractivity contribution < 1.29 is 19.0 Å². The van der Waals surface area contributed by atoms with Crippen LogP contribution in [0, 0.1) is 5.92 Å². The van der Waals surface area contributed by atoms with Crippen LogP contribution in [0.1, 0.15) is 19.4 Å². The van der Waals surface area contributed by atoms with E-state index >= 15 is 0 Å². The average Bonchev–Trinajstić information content (AvgIpc) is 2.60. The number of methoxy groups -OCH3 is 3. The molecule has 128 valence electrons. The summed E-state index contributed by atoms with van der Waals surface area (Å²) >= 11 is 0. The van der Waals surface area contributed by atoms with Crippen LogP contribution in [-0.2, 0) is 11.2 Å².